The lowest BCUT2D eigenvalue weighted by atomic mass is 10.3. The minimum atomic E-state index is -0.873. The molecule has 4 aromatic rings. The van der Waals surface area contributed by atoms with Crippen molar-refractivity contribution in [1.82, 2.24) is 29.3 Å². The second-order valence-electron chi connectivity index (χ2n) is 6.91. The molecule has 0 N–H and O–H groups in total. The van der Waals surface area contributed by atoms with Crippen molar-refractivity contribution in [2.75, 3.05) is 0 Å². The van der Waals surface area contributed by atoms with Gasteiger partial charge in [-0.2, -0.15) is 5.10 Å². The monoisotopic (exact) mass is 472 g/mol. The average molecular weight is 473 g/mol. The molecule has 0 saturated heterocycles. The van der Waals surface area contributed by atoms with Crippen LogP contribution >= 0.6 is 11.6 Å². The van der Waals surface area contributed by atoms with Gasteiger partial charge in [-0.15, -0.1) is 0 Å². The van der Waals surface area contributed by atoms with Crippen LogP contribution < -0.4 is 10.3 Å². The lowest BCUT2D eigenvalue weighted by Gasteiger charge is -2.13. The molecule has 0 saturated carbocycles. The molecule has 0 amide bonds. The molecule has 9 nitrogen and oxygen atoms in total. The van der Waals surface area contributed by atoms with Crippen LogP contribution in [0, 0.1) is 25.5 Å². The Kier molecular flexibility index (Phi) is 5.97. The number of ether oxygens (including phenoxy) is 1. The van der Waals surface area contributed by atoms with E-state index in [2.05, 4.69) is 20.1 Å². The fourth-order valence-corrected chi connectivity index (χ4v) is 3.31. The third-order valence-corrected chi connectivity index (χ3v) is 5.01. The number of carbonyl (C=O) groups is 1. The van der Waals surface area contributed by atoms with E-state index in [-0.39, 0.29) is 28.9 Å². The van der Waals surface area contributed by atoms with E-state index in [9.17, 15) is 18.4 Å². The number of rotatable bonds is 6. The first-order valence-corrected chi connectivity index (χ1v) is 9.86. The molecule has 12 heteroatoms. The zero-order chi connectivity index (χ0) is 23.7. The van der Waals surface area contributed by atoms with Crippen molar-refractivity contribution in [3.8, 4) is 17.3 Å². The highest BCUT2D eigenvalue weighted by Crippen LogP contribution is 2.25. The molecule has 0 fully saturated rings. The molecule has 0 aliphatic rings. The highest BCUT2D eigenvalue weighted by atomic mass is 35.5. The third-order valence-electron chi connectivity index (χ3n) is 4.66. The molecule has 0 radical (unpaired) electrons. The minimum absolute atomic E-state index is 0.00724. The van der Waals surface area contributed by atoms with Crippen molar-refractivity contribution in [3.05, 3.63) is 86.7 Å². The predicted octanol–water partition coefficient (Wildman–Crippen LogP) is 3.15. The zero-order valence-electron chi connectivity index (χ0n) is 17.3. The van der Waals surface area contributed by atoms with Gasteiger partial charge in [-0.3, -0.25) is 19.1 Å². The summed E-state index contributed by atoms with van der Waals surface area (Å²) in [6.07, 6.45) is 4.36. The first-order valence-electron chi connectivity index (χ1n) is 9.48. The lowest BCUT2D eigenvalue weighted by molar-refractivity contribution is 0.111. The second kappa shape index (κ2) is 8.87. The molecule has 4 aromatic heterocycles. The Morgan fingerprint density at radius 3 is 2.73 bits per heavy atom. The smallest absolute Gasteiger partial charge is 0.278 e. The zero-order valence-corrected chi connectivity index (χ0v) is 18.0. The van der Waals surface area contributed by atoms with Crippen LogP contribution in [0.15, 0.2) is 41.6 Å². The van der Waals surface area contributed by atoms with Gasteiger partial charge < -0.3 is 4.74 Å². The van der Waals surface area contributed by atoms with Crippen molar-refractivity contribution in [3.63, 3.8) is 0 Å². The van der Waals surface area contributed by atoms with E-state index in [1.165, 1.54) is 21.5 Å². The summed E-state index contributed by atoms with van der Waals surface area (Å²) < 4.78 is 35.1. The number of nitrogens with zero attached hydrogens (tertiary/aromatic N) is 6. The summed E-state index contributed by atoms with van der Waals surface area (Å²) in [5.41, 5.74) is 0.673. The van der Waals surface area contributed by atoms with E-state index in [0.717, 1.165) is 6.20 Å². The maximum absolute atomic E-state index is 13.8. The Bertz CT molecular complexity index is 1440. The molecule has 0 atom stereocenters. The van der Waals surface area contributed by atoms with E-state index in [4.69, 9.17) is 16.3 Å². The van der Waals surface area contributed by atoms with E-state index in [1.807, 2.05) is 0 Å². The molecular weight excluding hydrogens is 458 g/mol. The number of aryl methyl sites for hydroxylation is 2. The van der Waals surface area contributed by atoms with Crippen LogP contribution in [-0.4, -0.2) is 35.6 Å². The van der Waals surface area contributed by atoms with E-state index >= 15 is 0 Å². The highest BCUT2D eigenvalue weighted by Gasteiger charge is 2.18. The summed E-state index contributed by atoms with van der Waals surface area (Å²) >= 11 is 6.25. The van der Waals surface area contributed by atoms with E-state index < -0.39 is 17.2 Å². The number of hydrogen-bond acceptors (Lipinski definition) is 7. The number of halogens is 3. The van der Waals surface area contributed by atoms with E-state index in [0.29, 0.717) is 35.2 Å². The molecule has 4 heterocycles. The van der Waals surface area contributed by atoms with Crippen molar-refractivity contribution in [2.45, 2.75) is 20.5 Å². The third kappa shape index (κ3) is 4.35. The molecule has 33 heavy (non-hydrogen) atoms. The topological polar surface area (TPSA) is 105 Å². The Morgan fingerprint density at radius 1 is 1.21 bits per heavy atom. The van der Waals surface area contributed by atoms with Crippen molar-refractivity contribution < 1.29 is 18.3 Å². The van der Waals surface area contributed by atoms with Crippen LogP contribution in [0.4, 0.5) is 8.78 Å². The average Bonchev–Trinajstić information content (AvgIpc) is 3.17. The molecule has 0 aliphatic carbocycles. The number of hydrogen-bond donors (Lipinski definition) is 0. The van der Waals surface area contributed by atoms with Gasteiger partial charge in [-0.1, -0.05) is 11.6 Å². The van der Waals surface area contributed by atoms with Crippen LogP contribution in [0.1, 0.15) is 27.7 Å². The first-order chi connectivity index (χ1) is 15.8. The molecule has 4 rings (SSSR count). The van der Waals surface area contributed by atoms with Gasteiger partial charge in [0.1, 0.15) is 28.9 Å². The van der Waals surface area contributed by atoms with Gasteiger partial charge in [0, 0.05) is 30.1 Å². The Balaban J connectivity index is 1.68. The molecule has 0 unspecified atom stereocenters. The van der Waals surface area contributed by atoms with Crippen LogP contribution in [0.5, 0.6) is 5.75 Å². The molecule has 0 aromatic carbocycles. The largest absolute Gasteiger partial charge is 0.485 e. The summed E-state index contributed by atoms with van der Waals surface area (Å²) in [6.45, 7) is 3.01. The van der Waals surface area contributed by atoms with Gasteiger partial charge in [-0.25, -0.2) is 23.4 Å². The van der Waals surface area contributed by atoms with Gasteiger partial charge in [0.15, 0.2) is 23.7 Å². The summed E-state index contributed by atoms with van der Waals surface area (Å²) in [7, 11) is 0. The minimum Gasteiger partial charge on any atom is -0.485 e. The summed E-state index contributed by atoms with van der Waals surface area (Å²) in [6, 6.07) is 3.76. The maximum atomic E-state index is 13.8. The number of aldehydes is 1. The number of aromatic nitrogens is 6. The Labute approximate surface area is 190 Å². The maximum Gasteiger partial charge on any atom is 0.278 e. The van der Waals surface area contributed by atoms with Gasteiger partial charge in [-0.05, 0) is 13.8 Å². The second-order valence-corrected chi connectivity index (χ2v) is 7.29. The van der Waals surface area contributed by atoms with E-state index in [1.54, 1.807) is 26.1 Å². The number of carbonyl (C=O) groups excluding carboxylic acids is 1. The van der Waals surface area contributed by atoms with Crippen molar-refractivity contribution in [1.29, 1.82) is 0 Å². The highest BCUT2D eigenvalue weighted by molar-refractivity contribution is 6.31. The SMILES string of the molecule is Cc1nn(-c2ccnc(C=O)n2)cc1-n1c(C)cc(OCc2ncc(F)cc2F)c(Cl)c1=O. The van der Waals surface area contributed by atoms with Crippen molar-refractivity contribution >= 4 is 17.9 Å². The van der Waals surface area contributed by atoms with Crippen LogP contribution in [-0.2, 0) is 6.61 Å². The van der Waals surface area contributed by atoms with Gasteiger partial charge in [0.2, 0.25) is 0 Å². The predicted molar refractivity (Wildman–Crippen MR) is 113 cm³/mol. The Hall–Kier alpha value is -3.99. The molecule has 0 spiro atoms. The fourth-order valence-electron chi connectivity index (χ4n) is 3.12. The first kappa shape index (κ1) is 22.2. The molecular formula is C21H15ClF2N6O3. The Morgan fingerprint density at radius 2 is 2.00 bits per heavy atom. The quantitative estimate of drug-likeness (QED) is 0.397. The molecule has 0 aliphatic heterocycles. The van der Waals surface area contributed by atoms with Gasteiger partial charge >= 0.3 is 0 Å². The summed E-state index contributed by atoms with van der Waals surface area (Å²) in [4.78, 5) is 35.5. The van der Waals surface area contributed by atoms with Gasteiger partial charge in [0.05, 0.1) is 23.8 Å². The lowest BCUT2D eigenvalue weighted by Crippen LogP contribution is -2.22. The van der Waals surface area contributed by atoms with Crippen LogP contribution in [0.25, 0.3) is 11.5 Å². The standard InChI is InChI=1S/C21H15ClF2N6O3/c1-11-5-17(33-10-15-14(24)6-13(23)7-26-15)20(22)21(32)30(11)16-8-29(28-12(16)2)19-3-4-25-18(9-31)27-19/h3-9H,10H2,1-2H3. The van der Waals surface area contributed by atoms with Crippen molar-refractivity contribution in [2.24, 2.45) is 0 Å². The van der Waals surface area contributed by atoms with Crippen LogP contribution in [0.2, 0.25) is 5.02 Å². The summed E-state index contributed by atoms with van der Waals surface area (Å²) in [5, 5.41) is 4.12. The van der Waals surface area contributed by atoms with Gasteiger partial charge in [0.25, 0.3) is 5.56 Å². The fraction of sp³-hybridized carbons (Fsp3) is 0.143. The normalized spacial score (nSPS) is 10.9. The summed E-state index contributed by atoms with van der Waals surface area (Å²) in [5.74, 6) is -1.33. The molecule has 168 valence electrons. The number of pyridine rings is 2. The molecule has 0 bridgehead atoms. The van der Waals surface area contributed by atoms with Crippen LogP contribution in [0.3, 0.4) is 0 Å².